The highest BCUT2D eigenvalue weighted by molar-refractivity contribution is 6.97. The van der Waals surface area contributed by atoms with E-state index in [1.54, 1.807) is 7.17 Å². The molecule has 1 heterocycles. The molecule has 1 aliphatic rings. The van der Waals surface area contributed by atoms with Gasteiger partial charge in [0.2, 0.25) is 11.8 Å². The van der Waals surface area contributed by atoms with Gasteiger partial charge in [0, 0.05) is 26.9 Å². The van der Waals surface area contributed by atoms with Crippen LogP contribution in [0.4, 0.5) is 0 Å². The molecule has 0 aliphatic carbocycles. The van der Waals surface area contributed by atoms with Crippen LogP contribution in [0.2, 0.25) is 0 Å². The monoisotopic (exact) mass is 424 g/mol. The fraction of sp³-hybridized carbons (Fsp3) is 0.417. The number of carbonyl (C=O) groups is 2. The second-order valence-corrected chi connectivity index (χ2v) is 8.35. The zero-order valence-corrected chi connectivity index (χ0v) is 18.7. The van der Waals surface area contributed by atoms with E-state index in [1.807, 2.05) is 61.5 Å². The van der Waals surface area contributed by atoms with Crippen LogP contribution < -0.4 is 16.1 Å². The van der Waals surface area contributed by atoms with Crippen LogP contribution in [0.25, 0.3) is 0 Å². The molecule has 3 atom stereocenters. The number of benzene rings is 2. The van der Waals surface area contributed by atoms with Gasteiger partial charge in [0.25, 0.3) is 0 Å². The standard InChI is InChI=1S/C24H29B3N3O2/c1-2-19(20-10-6-7-11-21(20)27-26)24(25)29-23(32)16-30-13-12-18(15-30)28-22(31)14-17-8-4-3-5-9-17/h3-11,18-19,24H,2,12-16H2,1H3,(H,28,31)(H,29,32). The number of likely N-dealkylation sites (tertiary alicyclic amines) is 1. The summed E-state index contributed by atoms with van der Waals surface area (Å²) in [5.41, 5.74) is 2.96. The van der Waals surface area contributed by atoms with Crippen molar-refractivity contribution in [3.8, 4) is 0 Å². The van der Waals surface area contributed by atoms with Gasteiger partial charge in [-0.3, -0.25) is 14.5 Å². The van der Waals surface area contributed by atoms with E-state index in [2.05, 4.69) is 15.5 Å². The van der Waals surface area contributed by atoms with E-state index in [9.17, 15) is 9.59 Å². The summed E-state index contributed by atoms with van der Waals surface area (Å²) < 4.78 is 0. The lowest BCUT2D eigenvalue weighted by atomic mass is 9.49. The maximum absolute atomic E-state index is 12.6. The van der Waals surface area contributed by atoms with E-state index in [4.69, 9.17) is 15.6 Å². The largest absolute Gasteiger partial charge is 0.360 e. The average Bonchev–Trinajstić information content (AvgIpc) is 3.21. The number of amides is 2. The van der Waals surface area contributed by atoms with Crippen LogP contribution in [0.1, 0.15) is 36.8 Å². The molecule has 0 spiro atoms. The molecule has 8 heteroatoms. The number of nitrogens with one attached hydrogen (secondary N) is 2. The van der Waals surface area contributed by atoms with Crippen LogP contribution in [-0.4, -0.2) is 71.1 Å². The molecule has 2 N–H and O–H groups in total. The smallest absolute Gasteiger partial charge is 0.233 e. The summed E-state index contributed by atoms with van der Waals surface area (Å²) in [6, 6.07) is 17.6. The van der Waals surface area contributed by atoms with Gasteiger partial charge in [-0.1, -0.05) is 72.5 Å². The van der Waals surface area contributed by atoms with Crippen molar-refractivity contribution in [2.75, 3.05) is 19.6 Å². The van der Waals surface area contributed by atoms with Crippen molar-refractivity contribution in [2.45, 2.75) is 44.1 Å². The first-order valence-corrected chi connectivity index (χ1v) is 11.2. The predicted molar refractivity (Wildman–Crippen MR) is 131 cm³/mol. The Labute approximate surface area is 194 Å². The first kappa shape index (κ1) is 24.2. The summed E-state index contributed by atoms with van der Waals surface area (Å²) in [5.74, 6) is -0.631. The van der Waals surface area contributed by atoms with Crippen molar-refractivity contribution < 1.29 is 9.59 Å². The Morgan fingerprint density at radius 1 is 1.12 bits per heavy atom. The van der Waals surface area contributed by atoms with Gasteiger partial charge in [-0.2, -0.15) is 0 Å². The molecule has 32 heavy (non-hydrogen) atoms. The van der Waals surface area contributed by atoms with Gasteiger partial charge in [0.05, 0.1) is 28.0 Å². The number of hydrogen-bond donors (Lipinski definition) is 2. The normalized spacial score (nSPS) is 18.0. The summed E-state index contributed by atoms with van der Waals surface area (Å²) in [4.78, 5) is 27.0. The van der Waals surface area contributed by atoms with E-state index in [-0.39, 0.29) is 30.3 Å². The van der Waals surface area contributed by atoms with Gasteiger partial charge in [-0.25, -0.2) is 0 Å². The summed E-state index contributed by atoms with van der Waals surface area (Å²) in [6.07, 6.45) is 1.98. The Morgan fingerprint density at radius 2 is 1.84 bits per heavy atom. The molecule has 5 nitrogen and oxygen atoms in total. The highest BCUT2D eigenvalue weighted by atomic mass is 16.2. The average molecular weight is 424 g/mol. The zero-order valence-electron chi connectivity index (χ0n) is 18.7. The first-order chi connectivity index (χ1) is 15.5. The Balaban J connectivity index is 1.46. The minimum atomic E-state index is -0.502. The van der Waals surface area contributed by atoms with E-state index in [1.165, 1.54) is 0 Å². The van der Waals surface area contributed by atoms with Crippen LogP contribution >= 0.6 is 0 Å². The molecule has 1 fully saturated rings. The summed E-state index contributed by atoms with van der Waals surface area (Å²) >= 11 is 0. The lowest BCUT2D eigenvalue weighted by Gasteiger charge is -2.28. The Kier molecular flexibility index (Phi) is 9.04. The summed E-state index contributed by atoms with van der Waals surface area (Å²) in [5, 5.41) is 6.03. The first-order valence-electron chi connectivity index (χ1n) is 11.2. The Morgan fingerprint density at radius 3 is 2.56 bits per heavy atom. The van der Waals surface area contributed by atoms with Crippen LogP contribution in [0.5, 0.6) is 0 Å². The van der Waals surface area contributed by atoms with Crippen molar-refractivity contribution in [3.05, 3.63) is 65.7 Å². The molecule has 2 aromatic carbocycles. The minimum absolute atomic E-state index is 0.00989. The van der Waals surface area contributed by atoms with Gasteiger partial charge in [0.1, 0.15) is 0 Å². The third kappa shape index (κ3) is 6.76. The van der Waals surface area contributed by atoms with Crippen molar-refractivity contribution >= 4 is 40.0 Å². The molecule has 0 aromatic heterocycles. The van der Waals surface area contributed by atoms with Crippen molar-refractivity contribution in [1.29, 1.82) is 0 Å². The molecule has 1 saturated heterocycles. The van der Waals surface area contributed by atoms with E-state index in [0.29, 0.717) is 13.0 Å². The molecule has 3 unspecified atom stereocenters. The Hall–Kier alpha value is -2.47. The van der Waals surface area contributed by atoms with Crippen LogP contribution in [-0.2, 0) is 16.0 Å². The van der Waals surface area contributed by atoms with Crippen LogP contribution in [0.15, 0.2) is 54.6 Å². The quantitative estimate of drug-likeness (QED) is 0.551. The molecule has 3 rings (SSSR count). The molecule has 0 bridgehead atoms. The van der Waals surface area contributed by atoms with Gasteiger partial charge < -0.3 is 10.6 Å². The maximum Gasteiger partial charge on any atom is 0.233 e. The molecule has 0 saturated carbocycles. The van der Waals surface area contributed by atoms with E-state index in [0.717, 1.165) is 36.0 Å². The third-order valence-electron chi connectivity index (χ3n) is 5.99. The Bertz CT molecular complexity index is 897. The fourth-order valence-electron chi connectivity index (χ4n) is 4.36. The lowest BCUT2D eigenvalue weighted by Crippen LogP contribution is -2.46. The second-order valence-electron chi connectivity index (χ2n) is 8.35. The van der Waals surface area contributed by atoms with Crippen molar-refractivity contribution in [2.24, 2.45) is 0 Å². The third-order valence-corrected chi connectivity index (χ3v) is 5.99. The molecular formula is C24H29B3N3O2. The minimum Gasteiger partial charge on any atom is -0.360 e. The van der Waals surface area contributed by atoms with E-state index < -0.39 is 5.94 Å². The van der Waals surface area contributed by atoms with Gasteiger partial charge in [-0.05, 0) is 30.3 Å². The fourth-order valence-corrected chi connectivity index (χ4v) is 4.36. The SMILES string of the molecule is [B][B]c1ccccc1C(CC)C([B])NC(=O)CN1CCC(NC(=O)Cc2ccccc2)C1. The highest BCUT2D eigenvalue weighted by Gasteiger charge is 2.27. The molecule has 2 amide bonds. The maximum atomic E-state index is 12.6. The number of hydrogen-bond acceptors (Lipinski definition) is 3. The summed E-state index contributed by atoms with van der Waals surface area (Å²) in [6.45, 7) is 3.74. The van der Waals surface area contributed by atoms with Crippen LogP contribution in [0, 0.1) is 0 Å². The van der Waals surface area contributed by atoms with E-state index >= 15 is 0 Å². The molecule has 2 aromatic rings. The number of carbonyl (C=O) groups excluding carboxylic acids is 2. The molecular weight excluding hydrogens is 395 g/mol. The van der Waals surface area contributed by atoms with Crippen molar-refractivity contribution in [3.63, 3.8) is 0 Å². The van der Waals surface area contributed by atoms with Gasteiger partial charge in [-0.15, -0.1) is 0 Å². The molecule has 1 aliphatic heterocycles. The van der Waals surface area contributed by atoms with Gasteiger partial charge in [0.15, 0.2) is 0 Å². The summed E-state index contributed by atoms with van der Waals surface area (Å²) in [7, 11) is 13.7. The van der Waals surface area contributed by atoms with Crippen LogP contribution in [0.3, 0.4) is 0 Å². The topological polar surface area (TPSA) is 61.4 Å². The number of nitrogens with zero attached hydrogens (tertiary/aromatic N) is 1. The molecule has 161 valence electrons. The second kappa shape index (κ2) is 12.0. The van der Waals surface area contributed by atoms with Crippen molar-refractivity contribution in [1.82, 2.24) is 15.5 Å². The van der Waals surface area contributed by atoms with Gasteiger partial charge >= 0.3 is 0 Å². The zero-order chi connectivity index (χ0) is 22.9. The predicted octanol–water partition coefficient (Wildman–Crippen LogP) is 0.637. The highest BCUT2D eigenvalue weighted by Crippen LogP contribution is 2.20. The number of rotatable bonds is 10. The lowest BCUT2D eigenvalue weighted by molar-refractivity contribution is -0.122. The molecule has 5 radical (unpaired) electrons.